The molecular formula is C22H18ClN5O3. The van der Waals surface area contributed by atoms with Crippen LogP contribution < -0.4 is 5.32 Å². The summed E-state index contributed by atoms with van der Waals surface area (Å²) in [5.41, 5.74) is 3.73. The van der Waals surface area contributed by atoms with E-state index < -0.39 is 18.5 Å². The Bertz CT molecular complexity index is 1290. The number of amides is 1. The van der Waals surface area contributed by atoms with Gasteiger partial charge in [0, 0.05) is 16.1 Å². The van der Waals surface area contributed by atoms with Crippen LogP contribution in [0, 0.1) is 13.8 Å². The maximum absolute atomic E-state index is 12.7. The molecule has 0 saturated carbocycles. The molecule has 31 heavy (non-hydrogen) atoms. The van der Waals surface area contributed by atoms with Gasteiger partial charge in [0.25, 0.3) is 5.91 Å². The van der Waals surface area contributed by atoms with Crippen molar-refractivity contribution in [1.29, 1.82) is 0 Å². The van der Waals surface area contributed by atoms with E-state index in [0.717, 1.165) is 5.56 Å². The van der Waals surface area contributed by atoms with Gasteiger partial charge in [0.15, 0.2) is 6.61 Å². The van der Waals surface area contributed by atoms with E-state index in [9.17, 15) is 9.59 Å². The zero-order valence-corrected chi connectivity index (χ0v) is 17.6. The highest BCUT2D eigenvalue weighted by Gasteiger charge is 2.16. The van der Waals surface area contributed by atoms with Crippen molar-refractivity contribution in [2.75, 3.05) is 11.9 Å². The summed E-state index contributed by atoms with van der Waals surface area (Å²) >= 11 is 6.06. The lowest BCUT2D eigenvalue weighted by atomic mass is 10.1. The van der Waals surface area contributed by atoms with Gasteiger partial charge in [-0.05, 0) is 50.2 Å². The third-order valence-corrected chi connectivity index (χ3v) is 4.78. The molecule has 2 aromatic heterocycles. The van der Waals surface area contributed by atoms with Gasteiger partial charge in [-0.15, -0.1) is 0 Å². The maximum Gasteiger partial charge on any atom is 0.339 e. The topological polar surface area (TPSA) is 99.0 Å². The minimum Gasteiger partial charge on any atom is -0.452 e. The molecule has 0 saturated heterocycles. The molecule has 8 nitrogen and oxygen atoms in total. The minimum atomic E-state index is -0.598. The summed E-state index contributed by atoms with van der Waals surface area (Å²) in [5, 5.41) is 7.88. The molecule has 1 N–H and O–H groups in total. The predicted molar refractivity (Wildman–Crippen MR) is 116 cm³/mol. The average molecular weight is 436 g/mol. The third-order valence-electron chi connectivity index (χ3n) is 4.54. The van der Waals surface area contributed by atoms with Gasteiger partial charge in [0.1, 0.15) is 12.7 Å². The SMILES string of the molecule is Cc1ccc2nc(C)cc(C(=O)OCC(=O)Nc3cc(Cl)ccc3-n3cncn3)c2c1. The lowest BCUT2D eigenvalue weighted by Gasteiger charge is -2.12. The van der Waals surface area contributed by atoms with Gasteiger partial charge < -0.3 is 10.1 Å². The number of carbonyl (C=O) groups excluding carboxylic acids is 2. The van der Waals surface area contributed by atoms with E-state index in [0.29, 0.717) is 38.6 Å². The Morgan fingerprint density at radius 2 is 1.97 bits per heavy atom. The van der Waals surface area contributed by atoms with Gasteiger partial charge >= 0.3 is 5.97 Å². The predicted octanol–water partition coefficient (Wildman–Crippen LogP) is 3.88. The number of carbonyl (C=O) groups is 2. The van der Waals surface area contributed by atoms with Crippen molar-refractivity contribution in [3.05, 3.63) is 77.0 Å². The Kier molecular flexibility index (Phi) is 5.64. The molecule has 0 atom stereocenters. The van der Waals surface area contributed by atoms with Crippen LogP contribution >= 0.6 is 11.6 Å². The summed E-state index contributed by atoms with van der Waals surface area (Å²) in [4.78, 5) is 33.5. The molecule has 0 fully saturated rings. The summed E-state index contributed by atoms with van der Waals surface area (Å²) < 4.78 is 6.77. The van der Waals surface area contributed by atoms with E-state index in [4.69, 9.17) is 16.3 Å². The number of ether oxygens (including phenoxy) is 1. The quantitative estimate of drug-likeness (QED) is 0.477. The van der Waals surface area contributed by atoms with Crippen molar-refractivity contribution in [3.63, 3.8) is 0 Å². The molecule has 0 unspecified atom stereocenters. The summed E-state index contributed by atoms with van der Waals surface area (Å²) in [5.74, 6) is -1.11. The van der Waals surface area contributed by atoms with Gasteiger partial charge in [-0.1, -0.05) is 23.2 Å². The Morgan fingerprint density at radius 1 is 1.13 bits per heavy atom. The number of aryl methyl sites for hydroxylation is 2. The van der Waals surface area contributed by atoms with Crippen molar-refractivity contribution in [3.8, 4) is 5.69 Å². The molecule has 4 aromatic rings. The molecule has 0 radical (unpaired) electrons. The molecule has 1 amide bonds. The molecule has 4 rings (SSSR count). The molecule has 9 heteroatoms. The Hall–Kier alpha value is -3.78. The summed E-state index contributed by atoms with van der Waals surface area (Å²) in [6.45, 7) is 3.27. The Labute approximate surface area is 182 Å². The molecule has 2 heterocycles. The first-order chi connectivity index (χ1) is 14.9. The van der Waals surface area contributed by atoms with Gasteiger partial charge in [-0.2, -0.15) is 5.10 Å². The smallest absolute Gasteiger partial charge is 0.339 e. The fraction of sp³-hybridized carbons (Fsp3) is 0.136. The standard InChI is InChI=1S/C22H18ClN5O3/c1-13-3-5-18-16(7-13)17(8-14(2)26-18)22(30)31-10-21(29)27-19-9-15(23)4-6-20(19)28-12-24-11-25-28/h3-9,11-12H,10H2,1-2H3,(H,27,29). The maximum atomic E-state index is 12.7. The van der Waals surface area contributed by atoms with Crippen molar-refractivity contribution >= 4 is 40.1 Å². The largest absolute Gasteiger partial charge is 0.452 e. The molecule has 156 valence electrons. The van der Waals surface area contributed by atoms with Crippen LogP contribution in [0.3, 0.4) is 0 Å². The number of rotatable bonds is 5. The van der Waals surface area contributed by atoms with Crippen molar-refractivity contribution in [2.24, 2.45) is 0 Å². The van der Waals surface area contributed by atoms with Gasteiger partial charge in [-0.3, -0.25) is 9.78 Å². The highest BCUT2D eigenvalue weighted by atomic mass is 35.5. The number of anilines is 1. The number of hydrogen-bond donors (Lipinski definition) is 1. The van der Waals surface area contributed by atoms with E-state index in [2.05, 4.69) is 20.4 Å². The Balaban J connectivity index is 1.51. The lowest BCUT2D eigenvalue weighted by molar-refractivity contribution is -0.119. The molecular weight excluding hydrogens is 418 g/mol. The van der Waals surface area contributed by atoms with Crippen LogP contribution in [0.4, 0.5) is 5.69 Å². The molecule has 0 bridgehead atoms. The molecule has 0 spiro atoms. The zero-order chi connectivity index (χ0) is 22.0. The number of benzene rings is 2. The molecule has 0 aliphatic carbocycles. The second-order valence-electron chi connectivity index (χ2n) is 6.96. The highest BCUT2D eigenvalue weighted by molar-refractivity contribution is 6.31. The molecule has 2 aromatic carbocycles. The molecule has 0 aliphatic heterocycles. The first-order valence-electron chi connectivity index (χ1n) is 9.40. The first-order valence-corrected chi connectivity index (χ1v) is 9.78. The van der Waals surface area contributed by atoms with E-state index in [1.165, 1.54) is 17.3 Å². The third kappa shape index (κ3) is 4.54. The fourth-order valence-electron chi connectivity index (χ4n) is 3.18. The summed E-state index contributed by atoms with van der Waals surface area (Å²) in [6.07, 6.45) is 2.88. The fourth-order valence-corrected chi connectivity index (χ4v) is 3.35. The summed E-state index contributed by atoms with van der Waals surface area (Å²) in [6, 6.07) is 12.3. The van der Waals surface area contributed by atoms with E-state index in [1.807, 2.05) is 25.1 Å². The number of halogens is 1. The van der Waals surface area contributed by atoms with Crippen LogP contribution in [0.15, 0.2) is 55.1 Å². The second-order valence-corrected chi connectivity index (χ2v) is 7.39. The number of pyridine rings is 1. The van der Waals surface area contributed by atoms with Gasteiger partial charge in [0.2, 0.25) is 0 Å². The number of esters is 1. The number of nitrogens with one attached hydrogen (secondary N) is 1. The van der Waals surface area contributed by atoms with Crippen LogP contribution in [0.5, 0.6) is 0 Å². The van der Waals surface area contributed by atoms with Crippen LogP contribution in [-0.4, -0.2) is 38.2 Å². The van der Waals surface area contributed by atoms with Gasteiger partial charge in [0.05, 0.1) is 22.5 Å². The average Bonchev–Trinajstić information content (AvgIpc) is 3.26. The van der Waals surface area contributed by atoms with E-state index in [-0.39, 0.29) is 0 Å². The number of nitrogens with zero attached hydrogens (tertiary/aromatic N) is 4. The van der Waals surface area contributed by atoms with E-state index >= 15 is 0 Å². The monoisotopic (exact) mass is 435 g/mol. The van der Waals surface area contributed by atoms with Crippen molar-refractivity contribution < 1.29 is 14.3 Å². The minimum absolute atomic E-state index is 0.366. The van der Waals surface area contributed by atoms with Crippen LogP contribution in [-0.2, 0) is 9.53 Å². The van der Waals surface area contributed by atoms with Crippen LogP contribution in [0.2, 0.25) is 5.02 Å². The Morgan fingerprint density at radius 3 is 2.74 bits per heavy atom. The van der Waals surface area contributed by atoms with Crippen LogP contribution in [0.1, 0.15) is 21.6 Å². The number of fused-ring (bicyclic) bond motifs is 1. The highest BCUT2D eigenvalue weighted by Crippen LogP contribution is 2.24. The zero-order valence-electron chi connectivity index (χ0n) is 16.8. The van der Waals surface area contributed by atoms with Crippen molar-refractivity contribution in [1.82, 2.24) is 19.7 Å². The first kappa shape index (κ1) is 20.5. The summed E-state index contributed by atoms with van der Waals surface area (Å²) in [7, 11) is 0. The number of hydrogen-bond acceptors (Lipinski definition) is 6. The van der Waals surface area contributed by atoms with Crippen LogP contribution in [0.25, 0.3) is 16.6 Å². The van der Waals surface area contributed by atoms with Crippen molar-refractivity contribution in [2.45, 2.75) is 13.8 Å². The van der Waals surface area contributed by atoms with E-state index in [1.54, 1.807) is 31.2 Å². The second kappa shape index (κ2) is 8.53. The lowest BCUT2D eigenvalue weighted by Crippen LogP contribution is -2.22. The normalized spacial score (nSPS) is 10.8. The number of aromatic nitrogens is 4. The molecule has 0 aliphatic rings. The van der Waals surface area contributed by atoms with Gasteiger partial charge in [-0.25, -0.2) is 14.5 Å².